The molecule has 0 unspecified atom stereocenters. The van der Waals surface area contributed by atoms with Crippen LogP contribution in [0.4, 0.5) is 5.69 Å². The summed E-state index contributed by atoms with van der Waals surface area (Å²) in [4.78, 5) is 13.6. The second kappa shape index (κ2) is 7.72. The number of nitrogens with zero attached hydrogens (tertiary/aromatic N) is 1. The molecular weight excluding hydrogens is 362 g/mol. The Kier molecular flexibility index (Phi) is 5.56. The minimum absolute atomic E-state index is 0.0368. The highest BCUT2D eigenvalue weighted by molar-refractivity contribution is 7.87. The molecule has 0 radical (unpaired) electrons. The molecule has 2 aromatic carbocycles. The van der Waals surface area contributed by atoms with Crippen molar-refractivity contribution in [2.45, 2.75) is 50.8 Å². The molecule has 0 bridgehead atoms. The molecule has 0 N–H and O–H groups in total. The standard InChI is InChI=1S/C21H25NO4S/c1-4-15(2)19-9-5-6-10-21(19)26-27(24,25)18-11-12-20-17(14-18)8-7-13-22(20)16(3)23/h5-6,9-12,14-15H,4,7-8,13H2,1-3H3/t15-/m0/s1. The molecule has 0 aromatic heterocycles. The Bertz CT molecular complexity index is 952. The summed E-state index contributed by atoms with van der Waals surface area (Å²) in [6.45, 7) is 6.28. The summed E-state index contributed by atoms with van der Waals surface area (Å²) in [5.41, 5.74) is 2.52. The van der Waals surface area contributed by atoms with Crippen molar-refractivity contribution < 1.29 is 17.4 Å². The van der Waals surface area contributed by atoms with Crippen LogP contribution in [0.3, 0.4) is 0 Å². The summed E-state index contributed by atoms with van der Waals surface area (Å²) in [6.07, 6.45) is 2.44. The molecule has 0 aliphatic carbocycles. The summed E-state index contributed by atoms with van der Waals surface area (Å²) in [6, 6.07) is 12.1. The average Bonchev–Trinajstić information content (AvgIpc) is 2.66. The lowest BCUT2D eigenvalue weighted by atomic mass is 9.98. The van der Waals surface area contributed by atoms with E-state index in [0.29, 0.717) is 12.3 Å². The maximum absolute atomic E-state index is 12.9. The fourth-order valence-electron chi connectivity index (χ4n) is 3.41. The van der Waals surface area contributed by atoms with E-state index < -0.39 is 10.1 Å². The predicted octanol–water partition coefficient (Wildman–Crippen LogP) is 4.27. The van der Waals surface area contributed by atoms with Crippen LogP contribution in [-0.2, 0) is 21.3 Å². The van der Waals surface area contributed by atoms with Gasteiger partial charge >= 0.3 is 10.1 Å². The summed E-state index contributed by atoms with van der Waals surface area (Å²) in [5, 5.41) is 0. The quantitative estimate of drug-likeness (QED) is 0.719. The number of carbonyl (C=O) groups excluding carboxylic acids is 1. The van der Waals surface area contributed by atoms with Gasteiger partial charge in [-0.05, 0) is 60.6 Å². The fraction of sp³-hybridized carbons (Fsp3) is 0.381. The van der Waals surface area contributed by atoms with Crippen LogP contribution in [0.2, 0.25) is 0 Å². The maximum Gasteiger partial charge on any atom is 0.339 e. The number of benzene rings is 2. The molecule has 144 valence electrons. The van der Waals surface area contributed by atoms with Gasteiger partial charge < -0.3 is 9.08 Å². The van der Waals surface area contributed by atoms with Crippen molar-refractivity contribution in [3.05, 3.63) is 53.6 Å². The Hall–Kier alpha value is -2.34. The lowest BCUT2D eigenvalue weighted by molar-refractivity contribution is -0.116. The summed E-state index contributed by atoms with van der Waals surface area (Å²) in [7, 11) is -3.95. The van der Waals surface area contributed by atoms with Crippen molar-refractivity contribution in [2.75, 3.05) is 11.4 Å². The minimum atomic E-state index is -3.95. The summed E-state index contributed by atoms with van der Waals surface area (Å²) < 4.78 is 31.2. The Labute approximate surface area is 161 Å². The fourth-order valence-corrected chi connectivity index (χ4v) is 4.41. The number of rotatable bonds is 5. The normalized spacial score (nSPS) is 15.1. The van der Waals surface area contributed by atoms with Crippen molar-refractivity contribution in [2.24, 2.45) is 0 Å². The lowest BCUT2D eigenvalue weighted by Gasteiger charge is -2.28. The number of carbonyl (C=O) groups is 1. The Morgan fingerprint density at radius 1 is 1.22 bits per heavy atom. The van der Waals surface area contributed by atoms with Gasteiger partial charge in [0, 0.05) is 19.2 Å². The van der Waals surface area contributed by atoms with Gasteiger partial charge in [-0.1, -0.05) is 32.0 Å². The topological polar surface area (TPSA) is 63.7 Å². The number of fused-ring (bicyclic) bond motifs is 1. The van der Waals surface area contributed by atoms with E-state index in [1.165, 1.54) is 13.0 Å². The van der Waals surface area contributed by atoms with E-state index in [1.807, 2.05) is 19.1 Å². The molecule has 6 heteroatoms. The molecule has 1 atom stereocenters. The first kappa shape index (κ1) is 19.4. The van der Waals surface area contributed by atoms with Crippen LogP contribution in [0.5, 0.6) is 5.75 Å². The Balaban J connectivity index is 1.94. The number of anilines is 1. The van der Waals surface area contributed by atoms with Gasteiger partial charge in [-0.25, -0.2) is 0 Å². The van der Waals surface area contributed by atoms with E-state index in [9.17, 15) is 13.2 Å². The number of aryl methyl sites for hydroxylation is 1. The molecule has 3 rings (SSSR count). The third-order valence-corrected chi connectivity index (χ3v) is 6.33. The highest BCUT2D eigenvalue weighted by Gasteiger charge is 2.25. The molecule has 1 amide bonds. The van der Waals surface area contributed by atoms with Gasteiger partial charge in [0.15, 0.2) is 0 Å². The SMILES string of the molecule is CC[C@H](C)c1ccccc1OS(=O)(=O)c1ccc2c(c1)CCCN2C(C)=O. The van der Waals surface area contributed by atoms with Gasteiger partial charge in [0.05, 0.1) is 0 Å². The third kappa shape index (κ3) is 4.00. The first-order valence-corrected chi connectivity index (χ1v) is 10.7. The zero-order valence-electron chi connectivity index (χ0n) is 15.9. The van der Waals surface area contributed by atoms with Crippen LogP contribution in [-0.4, -0.2) is 20.9 Å². The van der Waals surface area contributed by atoms with Crippen LogP contribution >= 0.6 is 0 Å². The van der Waals surface area contributed by atoms with Crippen LogP contribution in [0.25, 0.3) is 0 Å². The first-order chi connectivity index (χ1) is 12.8. The molecule has 0 spiro atoms. The Morgan fingerprint density at radius 2 is 1.96 bits per heavy atom. The number of amides is 1. The molecule has 0 fully saturated rings. The molecule has 1 heterocycles. The third-order valence-electron chi connectivity index (χ3n) is 5.10. The Morgan fingerprint density at radius 3 is 2.67 bits per heavy atom. The van der Waals surface area contributed by atoms with Gasteiger partial charge in [-0.2, -0.15) is 8.42 Å². The van der Waals surface area contributed by atoms with E-state index in [-0.39, 0.29) is 16.7 Å². The van der Waals surface area contributed by atoms with Gasteiger partial charge in [-0.15, -0.1) is 0 Å². The lowest BCUT2D eigenvalue weighted by Crippen LogP contribution is -2.33. The average molecular weight is 388 g/mol. The molecule has 0 saturated carbocycles. The summed E-state index contributed by atoms with van der Waals surface area (Å²) >= 11 is 0. The van der Waals surface area contributed by atoms with Crippen molar-refractivity contribution in [3.8, 4) is 5.75 Å². The molecule has 1 aliphatic heterocycles. The summed E-state index contributed by atoms with van der Waals surface area (Å²) in [5.74, 6) is 0.532. The molecule has 1 aliphatic rings. The van der Waals surface area contributed by atoms with E-state index in [1.54, 1.807) is 29.2 Å². The zero-order valence-corrected chi connectivity index (χ0v) is 16.8. The van der Waals surface area contributed by atoms with Gasteiger partial charge in [0.1, 0.15) is 10.6 Å². The predicted molar refractivity (Wildman–Crippen MR) is 106 cm³/mol. The smallest absolute Gasteiger partial charge is 0.339 e. The number of hydrogen-bond donors (Lipinski definition) is 0. The van der Waals surface area contributed by atoms with Gasteiger partial charge in [0.2, 0.25) is 5.91 Å². The second-order valence-corrected chi connectivity index (χ2v) is 8.50. The molecule has 2 aromatic rings. The van der Waals surface area contributed by atoms with E-state index in [4.69, 9.17) is 4.18 Å². The monoisotopic (exact) mass is 387 g/mol. The van der Waals surface area contributed by atoms with E-state index >= 15 is 0 Å². The van der Waals surface area contributed by atoms with Crippen molar-refractivity contribution >= 4 is 21.7 Å². The van der Waals surface area contributed by atoms with Crippen LogP contribution < -0.4 is 9.08 Å². The van der Waals surface area contributed by atoms with Crippen molar-refractivity contribution in [1.82, 2.24) is 0 Å². The van der Waals surface area contributed by atoms with Gasteiger partial charge in [-0.3, -0.25) is 4.79 Å². The maximum atomic E-state index is 12.9. The number of para-hydroxylation sites is 1. The minimum Gasteiger partial charge on any atom is -0.379 e. The first-order valence-electron chi connectivity index (χ1n) is 9.28. The highest BCUT2D eigenvalue weighted by atomic mass is 32.2. The van der Waals surface area contributed by atoms with Crippen LogP contribution in [0.1, 0.15) is 50.7 Å². The largest absolute Gasteiger partial charge is 0.379 e. The highest BCUT2D eigenvalue weighted by Crippen LogP contribution is 2.33. The molecule has 5 nitrogen and oxygen atoms in total. The van der Waals surface area contributed by atoms with Crippen molar-refractivity contribution in [3.63, 3.8) is 0 Å². The molecule has 27 heavy (non-hydrogen) atoms. The zero-order chi connectivity index (χ0) is 19.6. The van der Waals surface area contributed by atoms with Crippen LogP contribution in [0, 0.1) is 0 Å². The van der Waals surface area contributed by atoms with E-state index in [0.717, 1.165) is 36.1 Å². The van der Waals surface area contributed by atoms with E-state index in [2.05, 4.69) is 6.92 Å². The van der Waals surface area contributed by atoms with Crippen LogP contribution in [0.15, 0.2) is 47.4 Å². The molecule has 0 saturated heterocycles. The number of hydrogen-bond acceptors (Lipinski definition) is 4. The van der Waals surface area contributed by atoms with Gasteiger partial charge in [0.25, 0.3) is 0 Å². The molecular formula is C21H25NO4S. The van der Waals surface area contributed by atoms with Crippen molar-refractivity contribution in [1.29, 1.82) is 0 Å². The second-order valence-electron chi connectivity index (χ2n) is 6.95.